The Balaban J connectivity index is 3.62. The van der Waals surface area contributed by atoms with Crippen LogP contribution in [0.5, 0.6) is 0 Å². The molecule has 0 aliphatic rings. The van der Waals surface area contributed by atoms with Crippen molar-refractivity contribution in [1.29, 1.82) is 5.26 Å². The van der Waals surface area contributed by atoms with Crippen molar-refractivity contribution >= 4 is 11.6 Å². The van der Waals surface area contributed by atoms with Crippen LogP contribution in [0.25, 0.3) is 0 Å². The molecular formula is C7H11ClN2. The maximum atomic E-state index is 8.32. The first-order valence-corrected chi connectivity index (χ1v) is 3.51. The molecule has 0 aliphatic carbocycles. The van der Waals surface area contributed by atoms with Crippen LogP contribution in [0.4, 0.5) is 0 Å². The molecule has 0 N–H and O–H groups in total. The molecule has 0 saturated heterocycles. The summed E-state index contributed by atoms with van der Waals surface area (Å²) in [5, 5.41) is 8.90. The van der Waals surface area contributed by atoms with Crippen LogP contribution in [0.2, 0.25) is 0 Å². The summed E-state index contributed by atoms with van der Waals surface area (Å²) in [4.78, 5) is 1.91. The molecule has 0 rings (SSSR count). The predicted octanol–water partition coefficient (Wildman–Crippen LogP) is 1.58. The molecule has 2 nitrogen and oxygen atoms in total. The molecule has 0 bridgehead atoms. The average Bonchev–Trinajstić information content (AvgIpc) is 1.86. The molecular weight excluding hydrogens is 148 g/mol. The summed E-state index contributed by atoms with van der Waals surface area (Å²) < 4.78 is 0. The minimum Gasteiger partial charge on any atom is -0.286 e. The van der Waals surface area contributed by atoms with Crippen LogP contribution in [0.1, 0.15) is 6.92 Å². The predicted molar refractivity (Wildman–Crippen MR) is 42.7 cm³/mol. The lowest BCUT2D eigenvalue weighted by Gasteiger charge is -2.14. The number of hydrogen-bond donors (Lipinski definition) is 0. The van der Waals surface area contributed by atoms with Crippen LogP contribution in [0, 0.1) is 11.3 Å². The number of nitriles is 1. The quantitative estimate of drug-likeness (QED) is 0.581. The number of rotatable bonds is 4. The van der Waals surface area contributed by atoms with Gasteiger partial charge in [-0.3, -0.25) is 4.90 Å². The SMILES string of the molecule is C=C(Cl)CN(CC)CC#N. The van der Waals surface area contributed by atoms with Crippen molar-refractivity contribution in [1.82, 2.24) is 4.90 Å². The first-order chi connectivity index (χ1) is 4.70. The lowest BCUT2D eigenvalue weighted by molar-refractivity contribution is 0.356. The van der Waals surface area contributed by atoms with Gasteiger partial charge in [0.2, 0.25) is 0 Å². The van der Waals surface area contributed by atoms with Crippen molar-refractivity contribution in [2.75, 3.05) is 19.6 Å². The molecule has 0 aromatic rings. The van der Waals surface area contributed by atoms with Crippen molar-refractivity contribution in [3.05, 3.63) is 11.6 Å². The fourth-order valence-corrected chi connectivity index (χ4v) is 0.791. The molecule has 0 heterocycles. The third-order valence-corrected chi connectivity index (χ3v) is 1.26. The van der Waals surface area contributed by atoms with Gasteiger partial charge in [-0.25, -0.2) is 0 Å². The van der Waals surface area contributed by atoms with E-state index >= 15 is 0 Å². The standard InChI is InChI=1S/C7H11ClN2/c1-3-10(5-4-9)6-7(2)8/h2-3,5-6H2,1H3. The molecule has 0 aromatic carbocycles. The van der Waals surface area contributed by atoms with E-state index in [1.165, 1.54) is 0 Å². The first-order valence-electron chi connectivity index (χ1n) is 3.13. The van der Waals surface area contributed by atoms with E-state index in [1.54, 1.807) is 0 Å². The zero-order valence-corrected chi connectivity index (χ0v) is 6.86. The minimum atomic E-state index is 0.419. The lowest BCUT2D eigenvalue weighted by Crippen LogP contribution is -2.24. The molecule has 0 spiro atoms. The van der Waals surface area contributed by atoms with Gasteiger partial charge in [-0.05, 0) is 6.54 Å². The second kappa shape index (κ2) is 5.28. The summed E-state index contributed by atoms with van der Waals surface area (Å²) in [5.74, 6) is 0. The van der Waals surface area contributed by atoms with Gasteiger partial charge in [0.15, 0.2) is 0 Å². The highest BCUT2D eigenvalue weighted by Gasteiger charge is 2.00. The number of nitrogens with zero attached hydrogens (tertiary/aromatic N) is 2. The summed E-state index contributed by atoms with van der Waals surface area (Å²) in [5.41, 5.74) is 0. The molecule has 0 aliphatic heterocycles. The molecule has 0 saturated carbocycles. The van der Waals surface area contributed by atoms with Crippen LogP contribution < -0.4 is 0 Å². The zero-order chi connectivity index (χ0) is 7.98. The first kappa shape index (κ1) is 9.48. The van der Waals surface area contributed by atoms with E-state index in [0.717, 1.165) is 6.54 Å². The van der Waals surface area contributed by atoms with Gasteiger partial charge in [0.05, 0.1) is 12.6 Å². The van der Waals surface area contributed by atoms with E-state index in [1.807, 2.05) is 11.8 Å². The van der Waals surface area contributed by atoms with Crippen LogP contribution in [-0.4, -0.2) is 24.5 Å². The van der Waals surface area contributed by atoms with Gasteiger partial charge < -0.3 is 0 Å². The number of likely N-dealkylation sites (N-methyl/N-ethyl adjacent to an activating group) is 1. The van der Waals surface area contributed by atoms with E-state index in [9.17, 15) is 0 Å². The van der Waals surface area contributed by atoms with E-state index in [4.69, 9.17) is 16.9 Å². The third-order valence-electron chi connectivity index (χ3n) is 1.14. The van der Waals surface area contributed by atoms with Crippen LogP contribution >= 0.6 is 11.6 Å². The zero-order valence-electron chi connectivity index (χ0n) is 6.10. The largest absolute Gasteiger partial charge is 0.286 e. The van der Waals surface area contributed by atoms with E-state index in [2.05, 4.69) is 12.6 Å². The Morgan fingerprint density at radius 3 is 2.70 bits per heavy atom. The average molecular weight is 159 g/mol. The summed E-state index contributed by atoms with van der Waals surface area (Å²) in [7, 11) is 0. The molecule has 0 unspecified atom stereocenters. The normalized spacial score (nSPS) is 9.40. The van der Waals surface area contributed by atoms with Gasteiger partial charge >= 0.3 is 0 Å². The minimum absolute atomic E-state index is 0.419. The molecule has 3 heteroatoms. The van der Waals surface area contributed by atoms with Gasteiger partial charge in [-0.15, -0.1) is 0 Å². The molecule has 0 amide bonds. The second-order valence-corrected chi connectivity index (χ2v) is 2.51. The fraction of sp³-hybridized carbons (Fsp3) is 0.571. The second-order valence-electron chi connectivity index (χ2n) is 1.98. The molecule has 0 radical (unpaired) electrons. The molecule has 0 aromatic heterocycles. The highest BCUT2D eigenvalue weighted by molar-refractivity contribution is 6.29. The molecule has 56 valence electrons. The fourth-order valence-electron chi connectivity index (χ4n) is 0.622. The van der Waals surface area contributed by atoms with E-state index in [0.29, 0.717) is 18.1 Å². The Bertz CT molecular complexity index is 148. The van der Waals surface area contributed by atoms with Crippen molar-refractivity contribution in [2.45, 2.75) is 6.92 Å². The van der Waals surface area contributed by atoms with E-state index in [-0.39, 0.29) is 0 Å². The molecule has 0 atom stereocenters. The van der Waals surface area contributed by atoms with Crippen LogP contribution in [0.15, 0.2) is 11.6 Å². The van der Waals surface area contributed by atoms with Crippen molar-refractivity contribution in [2.24, 2.45) is 0 Å². The van der Waals surface area contributed by atoms with Gasteiger partial charge in [0, 0.05) is 11.6 Å². The smallest absolute Gasteiger partial charge is 0.0869 e. The Kier molecular flexibility index (Phi) is 5.00. The molecule has 0 fully saturated rings. The van der Waals surface area contributed by atoms with Crippen molar-refractivity contribution < 1.29 is 0 Å². The molecule has 10 heavy (non-hydrogen) atoms. The topological polar surface area (TPSA) is 27.0 Å². The summed E-state index contributed by atoms with van der Waals surface area (Å²) in [6, 6.07) is 2.05. The maximum Gasteiger partial charge on any atom is 0.0869 e. The van der Waals surface area contributed by atoms with Crippen molar-refractivity contribution in [3.63, 3.8) is 0 Å². The summed E-state index contributed by atoms with van der Waals surface area (Å²) in [6.45, 7) is 7.38. The van der Waals surface area contributed by atoms with E-state index < -0.39 is 0 Å². The third kappa shape index (κ3) is 4.37. The Morgan fingerprint density at radius 2 is 2.40 bits per heavy atom. The van der Waals surface area contributed by atoms with Gasteiger partial charge in [0.25, 0.3) is 0 Å². The van der Waals surface area contributed by atoms with Crippen LogP contribution in [0.3, 0.4) is 0 Å². The van der Waals surface area contributed by atoms with Gasteiger partial charge in [0.1, 0.15) is 0 Å². The maximum absolute atomic E-state index is 8.32. The summed E-state index contributed by atoms with van der Waals surface area (Å²) in [6.07, 6.45) is 0. The lowest BCUT2D eigenvalue weighted by atomic mass is 10.4. The highest BCUT2D eigenvalue weighted by atomic mass is 35.5. The van der Waals surface area contributed by atoms with Crippen LogP contribution in [-0.2, 0) is 0 Å². The van der Waals surface area contributed by atoms with Gasteiger partial charge in [-0.1, -0.05) is 25.1 Å². The number of halogens is 1. The summed E-state index contributed by atoms with van der Waals surface area (Å²) >= 11 is 5.54. The Hall–Kier alpha value is -0.520. The monoisotopic (exact) mass is 158 g/mol. The highest BCUT2D eigenvalue weighted by Crippen LogP contribution is 1.99. The Morgan fingerprint density at radius 1 is 1.80 bits per heavy atom. The Labute approximate surface area is 66.7 Å². The number of hydrogen-bond acceptors (Lipinski definition) is 2. The van der Waals surface area contributed by atoms with Gasteiger partial charge in [-0.2, -0.15) is 5.26 Å². The van der Waals surface area contributed by atoms with Crippen molar-refractivity contribution in [3.8, 4) is 6.07 Å².